The Bertz CT molecular complexity index is 512. The van der Waals surface area contributed by atoms with Gasteiger partial charge in [-0.3, -0.25) is 9.80 Å². The van der Waals surface area contributed by atoms with Crippen LogP contribution in [0.25, 0.3) is 0 Å². The molecule has 0 aromatic heterocycles. The smallest absolute Gasteiger partial charge is 0.117 e. The first-order chi connectivity index (χ1) is 11.1. The Morgan fingerprint density at radius 2 is 1.91 bits per heavy atom. The fraction of sp³-hybridized carbons (Fsp3) is 0.667. The van der Waals surface area contributed by atoms with Crippen molar-refractivity contribution in [2.75, 3.05) is 39.4 Å². The van der Waals surface area contributed by atoms with Crippen LogP contribution in [0.1, 0.15) is 25.3 Å². The SMILES string of the molecule is CC(C1CCN(Cc2ccc(O)cc2Cl)CC1)N1CCOCC1. The Hall–Kier alpha value is -0.810. The van der Waals surface area contributed by atoms with E-state index in [9.17, 15) is 5.11 Å². The second-order valence-corrected chi connectivity index (χ2v) is 7.19. The van der Waals surface area contributed by atoms with E-state index in [1.54, 1.807) is 12.1 Å². The normalized spacial score (nSPS) is 23.0. The summed E-state index contributed by atoms with van der Waals surface area (Å²) in [5, 5.41) is 10.1. The van der Waals surface area contributed by atoms with Crippen LogP contribution in [0.2, 0.25) is 5.02 Å². The average Bonchev–Trinajstić information content (AvgIpc) is 2.58. The summed E-state index contributed by atoms with van der Waals surface area (Å²) in [7, 11) is 0. The molecule has 0 spiro atoms. The van der Waals surface area contributed by atoms with E-state index < -0.39 is 0 Å². The van der Waals surface area contributed by atoms with Gasteiger partial charge in [0.05, 0.1) is 13.2 Å². The number of morpholine rings is 1. The Labute approximate surface area is 144 Å². The van der Waals surface area contributed by atoms with Crippen LogP contribution < -0.4 is 0 Å². The molecule has 128 valence electrons. The van der Waals surface area contributed by atoms with Crippen molar-refractivity contribution in [2.45, 2.75) is 32.4 Å². The van der Waals surface area contributed by atoms with Crippen molar-refractivity contribution >= 4 is 11.6 Å². The van der Waals surface area contributed by atoms with Gasteiger partial charge in [0.15, 0.2) is 0 Å². The number of benzene rings is 1. The number of phenols is 1. The lowest BCUT2D eigenvalue weighted by molar-refractivity contribution is -0.00192. The molecule has 1 aromatic rings. The zero-order chi connectivity index (χ0) is 16.2. The monoisotopic (exact) mass is 338 g/mol. The number of phenolic OH excluding ortho intramolecular Hbond substituents is 1. The van der Waals surface area contributed by atoms with E-state index in [2.05, 4.69) is 16.7 Å². The molecule has 5 heteroatoms. The van der Waals surface area contributed by atoms with Gasteiger partial charge in [0, 0.05) is 30.7 Å². The van der Waals surface area contributed by atoms with Crippen molar-refractivity contribution in [1.82, 2.24) is 9.80 Å². The van der Waals surface area contributed by atoms with Gasteiger partial charge in [-0.2, -0.15) is 0 Å². The van der Waals surface area contributed by atoms with Gasteiger partial charge in [-0.05, 0) is 56.5 Å². The predicted molar refractivity (Wildman–Crippen MR) is 93.0 cm³/mol. The van der Waals surface area contributed by atoms with Gasteiger partial charge in [-0.15, -0.1) is 0 Å². The molecule has 1 atom stereocenters. The number of hydrogen-bond donors (Lipinski definition) is 1. The van der Waals surface area contributed by atoms with Crippen LogP contribution in [0.3, 0.4) is 0 Å². The Morgan fingerprint density at radius 1 is 1.22 bits per heavy atom. The minimum absolute atomic E-state index is 0.233. The molecular weight excluding hydrogens is 312 g/mol. The highest BCUT2D eigenvalue weighted by molar-refractivity contribution is 6.31. The summed E-state index contributed by atoms with van der Waals surface area (Å²) in [6.45, 7) is 9.40. The molecular formula is C18H27ClN2O2. The Balaban J connectivity index is 1.49. The van der Waals surface area contributed by atoms with Gasteiger partial charge >= 0.3 is 0 Å². The topological polar surface area (TPSA) is 35.9 Å². The van der Waals surface area contributed by atoms with Crippen LogP contribution in [-0.2, 0) is 11.3 Å². The van der Waals surface area contributed by atoms with Crippen molar-refractivity contribution in [1.29, 1.82) is 0 Å². The maximum Gasteiger partial charge on any atom is 0.117 e. The van der Waals surface area contributed by atoms with Crippen molar-refractivity contribution in [3.63, 3.8) is 0 Å². The zero-order valence-corrected chi connectivity index (χ0v) is 14.6. The number of ether oxygens (including phenoxy) is 1. The second kappa shape index (κ2) is 7.84. The first-order valence-electron chi connectivity index (χ1n) is 8.65. The van der Waals surface area contributed by atoms with Gasteiger partial charge in [0.2, 0.25) is 0 Å². The molecule has 1 unspecified atom stereocenters. The lowest BCUT2D eigenvalue weighted by Gasteiger charge is -2.41. The summed E-state index contributed by atoms with van der Waals surface area (Å²) in [4.78, 5) is 5.06. The van der Waals surface area contributed by atoms with Crippen molar-refractivity contribution in [2.24, 2.45) is 5.92 Å². The summed E-state index contributed by atoms with van der Waals surface area (Å²) < 4.78 is 5.46. The molecule has 1 N–H and O–H groups in total. The quantitative estimate of drug-likeness (QED) is 0.915. The standard InChI is InChI=1S/C18H27ClN2O2/c1-14(21-8-10-23-11-9-21)15-4-6-20(7-5-15)13-16-2-3-17(22)12-18(16)19/h2-3,12,14-15,22H,4-11,13H2,1H3. The van der Waals surface area contributed by atoms with E-state index in [4.69, 9.17) is 16.3 Å². The fourth-order valence-corrected chi connectivity index (χ4v) is 4.02. The van der Waals surface area contributed by atoms with E-state index in [1.165, 1.54) is 12.8 Å². The van der Waals surface area contributed by atoms with Gasteiger partial charge in [-0.25, -0.2) is 0 Å². The predicted octanol–water partition coefficient (Wildman–Crippen LogP) is 2.98. The molecule has 4 nitrogen and oxygen atoms in total. The lowest BCUT2D eigenvalue weighted by atomic mass is 9.89. The molecule has 0 saturated carbocycles. The van der Waals surface area contributed by atoms with Gasteiger partial charge in [0.25, 0.3) is 0 Å². The number of aromatic hydroxyl groups is 1. The molecule has 2 heterocycles. The fourth-order valence-electron chi connectivity index (χ4n) is 3.78. The molecule has 0 radical (unpaired) electrons. The minimum Gasteiger partial charge on any atom is -0.508 e. The molecule has 1 aromatic carbocycles. The van der Waals surface area contributed by atoms with Crippen LogP contribution in [-0.4, -0.2) is 60.3 Å². The van der Waals surface area contributed by atoms with Crippen LogP contribution in [0.5, 0.6) is 5.75 Å². The second-order valence-electron chi connectivity index (χ2n) is 6.78. The average molecular weight is 339 g/mol. The van der Waals surface area contributed by atoms with Crippen LogP contribution in [0, 0.1) is 5.92 Å². The van der Waals surface area contributed by atoms with Crippen molar-refractivity contribution in [3.8, 4) is 5.75 Å². The van der Waals surface area contributed by atoms with Crippen molar-refractivity contribution in [3.05, 3.63) is 28.8 Å². The first-order valence-corrected chi connectivity index (χ1v) is 9.03. The first kappa shape index (κ1) is 17.0. The van der Waals surface area contributed by atoms with E-state index in [-0.39, 0.29) is 5.75 Å². The Morgan fingerprint density at radius 3 is 2.57 bits per heavy atom. The maximum atomic E-state index is 9.45. The number of nitrogens with zero attached hydrogens (tertiary/aromatic N) is 2. The molecule has 0 amide bonds. The Kier molecular flexibility index (Phi) is 5.81. The summed E-state index contributed by atoms with van der Waals surface area (Å²) in [5.74, 6) is 1.01. The number of likely N-dealkylation sites (tertiary alicyclic amines) is 1. The van der Waals surface area contributed by atoms with Gasteiger partial charge < -0.3 is 9.84 Å². The number of piperidine rings is 1. The molecule has 3 rings (SSSR count). The molecule has 2 fully saturated rings. The highest BCUT2D eigenvalue weighted by Gasteiger charge is 2.28. The largest absolute Gasteiger partial charge is 0.508 e. The minimum atomic E-state index is 0.233. The number of hydrogen-bond acceptors (Lipinski definition) is 4. The number of rotatable bonds is 4. The zero-order valence-electron chi connectivity index (χ0n) is 13.9. The third kappa shape index (κ3) is 4.38. The highest BCUT2D eigenvalue weighted by atomic mass is 35.5. The molecule has 2 aliphatic rings. The third-order valence-corrected chi connectivity index (χ3v) is 5.72. The maximum absolute atomic E-state index is 9.45. The molecule has 2 aliphatic heterocycles. The molecule has 23 heavy (non-hydrogen) atoms. The van der Waals surface area contributed by atoms with Crippen LogP contribution >= 0.6 is 11.6 Å². The summed E-state index contributed by atoms with van der Waals surface area (Å²) in [6, 6.07) is 5.93. The molecule has 0 aliphatic carbocycles. The van der Waals surface area contributed by atoms with E-state index in [1.807, 2.05) is 6.07 Å². The third-order valence-electron chi connectivity index (χ3n) is 5.37. The molecule has 2 saturated heterocycles. The highest BCUT2D eigenvalue weighted by Crippen LogP contribution is 2.28. The summed E-state index contributed by atoms with van der Waals surface area (Å²) >= 11 is 6.22. The summed E-state index contributed by atoms with van der Waals surface area (Å²) in [6.07, 6.45) is 2.49. The van der Waals surface area contributed by atoms with E-state index in [0.717, 1.165) is 57.4 Å². The van der Waals surface area contributed by atoms with Crippen LogP contribution in [0.4, 0.5) is 0 Å². The molecule has 0 bridgehead atoms. The van der Waals surface area contributed by atoms with E-state index >= 15 is 0 Å². The van der Waals surface area contributed by atoms with Gasteiger partial charge in [-0.1, -0.05) is 17.7 Å². The summed E-state index contributed by atoms with van der Waals surface area (Å²) in [5.41, 5.74) is 1.10. The van der Waals surface area contributed by atoms with E-state index in [0.29, 0.717) is 11.1 Å². The lowest BCUT2D eigenvalue weighted by Crippen LogP contribution is -2.48. The van der Waals surface area contributed by atoms with Gasteiger partial charge in [0.1, 0.15) is 5.75 Å². The van der Waals surface area contributed by atoms with Crippen LogP contribution in [0.15, 0.2) is 18.2 Å². The van der Waals surface area contributed by atoms with Crippen molar-refractivity contribution < 1.29 is 9.84 Å². The number of halogens is 1.